The second kappa shape index (κ2) is 8.01. The third kappa shape index (κ3) is 3.95. The maximum absolute atomic E-state index is 13.3. The van der Waals surface area contributed by atoms with Gasteiger partial charge in [0.25, 0.3) is 5.56 Å². The number of benzene rings is 3. The number of fused-ring (bicyclic) bond motifs is 1. The summed E-state index contributed by atoms with van der Waals surface area (Å²) in [7, 11) is 0. The van der Waals surface area contributed by atoms with Gasteiger partial charge in [-0.25, -0.2) is 4.98 Å². The van der Waals surface area contributed by atoms with Crippen molar-refractivity contribution in [1.82, 2.24) is 9.55 Å². The summed E-state index contributed by atoms with van der Waals surface area (Å²) in [5.41, 5.74) is 3.66. The Labute approximate surface area is 185 Å². The average Bonchev–Trinajstić information content (AvgIpc) is 2.68. The van der Waals surface area contributed by atoms with Crippen molar-refractivity contribution in [3.8, 4) is 5.69 Å². The summed E-state index contributed by atoms with van der Waals surface area (Å²) in [5, 5.41) is 0.613. The molecule has 3 nitrogen and oxygen atoms in total. The highest BCUT2D eigenvalue weighted by molar-refractivity contribution is 14.1. The zero-order chi connectivity index (χ0) is 19.7. The maximum Gasteiger partial charge on any atom is 0.266 e. The van der Waals surface area contributed by atoms with E-state index in [1.165, 1.54) is 5.56 Å². The molecule has 0 aliphatic carbocycles. The molecule has 0 spiro atoms. The van der Waals surface area contributed by atoms with Crippen molar-refractivity contribution in [2.75, 3.05) is 0 Å². The van der Waals surface area contributed by atoms with Crippen LogP contribution >= 0.6 is 38.5 Å². The summed E-state index contributed by atoms with van der Waals surface area (Å²) in [5.74, 6) is 0.600. The predicted octanol–water partition coefficient (Wildman–Crippen LogP) is 6.23. The number of rotatable bonds is 3. The van der Waals surface area contributed by atoms with E-state index in [-0.39, 0.29) is 5.56 Å². The molecule has 0 bridgehead atoms. The van der Waals surface area contributed by atoms with Crippen molar-refractivity contribution in [1.29, 1.82) is 0 Å². The van der Waals surface area contributed by atoms with E-state index in [9.17, 15) is 4.79 Å². The van der Waals surface area contributed by atoms with Gasteiger partial charge in [0, 0.05) is 8.04 Å². The molecule has 0 N–H and O–H groups in total. The largest absolute Gasteiger partial charge is 0.268 e. The minimum Gasteiger partial charge on any atom is -0.268 e. The van der Waals surface area contributed by atoms with Crippen LogP contribution in [0.5, 0.6) is 0 Å². The van der Waals surface area contributed by atoms with Crippen LogP contribution in [-0.4, -0.2) is 9.55 Å². The number of hydrogen-bond donors (Lipinski definition) is 0. The first-order chi connectivity index (χ1) is 13.5. The van der Waals surface area contributed by atoms with E-state index in [0.717, 1.165) is 19.3 Å². The lowest BCUT2D eigenvalue weighted by molar-refractivity contribution is 0.943. The van der Waals surface area contributed by atoms with E-state index in [1.807, 2.05) is 66.7 Å². The molecule has 3 aromatic carbocycles. The minimum atomic E-state index is -0.0743. The Morgan fingerprint density at radius 1 is 1.00 bits per heavy atom. The normalized spacial score (nSPS) is 11.4. The number of aromatic nitrogens is 2. The number of nitrogens with zero attached hydrogens (tertiary/aromatic N) is 2. The highest BCUT2D eigenvalue weighted by Gasteiger charge is 2.11. The Morgan fingerprint density at radius 2 is 1.79 bits per heavy atom. The molecule has 1 heterocycles. The van der Waals surface area contributed by atoms with Gasteiger partial charge < -0.3 is 0 Å². The topological polar surface area (TPSA) is 34.9 Å². The first kappa shape index (κ1) is 19.1. The lowest BCUT2D eigenvalue weighted by Gasteiger charge is -2.12. The molecule has 0 saturated carbocycles. The molecule has 4 aromatic rings. The molecule has 5 heteroatoms. The van der Waals surface area contributed by atoms with E-state index >= 15 is 0 Å². The van der Waals surface area contributed by atoms with Crippen molar-refractivity contribution in [3.05, 3.63) is 102 Å². The number of aryl methyl sites for hydroxylation is 1. The molecule has 0 fully saturated rings. The van der Waals surface area contributed by atoms with Crippen LogP contribution < -0.4 is 5.56 Å². The highest BCUT2D eigenvalue weighted by atomic mass is 127. The molecule has 0 aliphatic heterocycles. The van der Waals surface area contributed by atoms with Crippen LogP contribution in [0.4, 0.5) is 0 Å². The molecule has 138 valence electrons. The van der Waals surface area contributed by atoms with Crippen LogP contribution in [-0.2, 0) is 0 Å². The third-order valence-electron chi connectivity index (χ3n) is 4.41. The fourth-order valence-electron chi connectivity index (χ4n) is 3.07. The van der Waals surface area contributed by atoms with Gasteiger partial charge in [0.1, 0.15) is 5.82 Å². The van der Waals surface area contributed by atoms with Gasteiger partial charge in [-0.15, -0.1) is 0 Å². The molecule has 28 heavy (non-hydrogen) atoms. The number of hydrogen-bond acceptors (Lipinski definition) is 2. The Kier molecular flexibility index (Phi) is 5.46. The minimum absolute atomic E-state index is 0.0743. The summed E-state index contributed by atoms with van der Waals surface area (Å²) in [4.78, 5) is 18.1. The SMILES string of the molecule is Cc1cccc(C=Cc2nc3ccc(I)cc3c(=O)n2-c2ccc(Br)cc2)c1. The van der Waals surface area contributed by atoms with Gasteiger partial charge in [-0.1, -0.05) is 51.8 Å². The fraction of sp³-hybridized carbons (Fsp3) is 0.0435. The predicted molar refractivity (Wildman–Crippen MR) is 128 cm³/mol. The standard InChI is InChI=1S/C23H16BrIN2O/c1-15-3-2-4-16(13-15)5-12-22-26-21-11-8-18(25)14-20(21)23(28)27(22)19-9-6-17(24)7-10-19/h2-14H,1H3. The van der Waals surface area contributed by atoms with Crippen molar-refractivity contribution < 1.29 is 0 Å². The van der Waals surface area contributed by atoms with Crippen LogP contribution in [0.1, 0.15) is 17.0 Å². The van der Waals surface area contributed by atoms with Crippen LogP contribution in [0.2, 0.25) is 0 Å². The quantitative estimate of drug-likeness (QED) is 0.288. The summed E-state index contributed by atoms with van der Waals surface area (Å²) in [6, 6.07) is 21.6. The molecule has 0 amide bonds. The molecule has 4 rings (SSSR count). The smallest absolute Gasteiger partial charge is 0.266 e. The number of halogens is 2. The Hall–Kier alpha value is -2.25. The fourth-order valence-corrected chi connectivity index (χ4v) is 3.83. The molecule has 0 radical (unpaired) electrons. The van der Waals surface area contributed by atoms with Gasteiger partial charge >= 0.3 is 0 Å². The summed E-state index contributed by atoms with van der Waals surface area (Å²) in [6.45, 7) is 2.06. The van der Waals surface area contributed by atoms with Gasteiger partial charge in [-0.05, 0) is 83.6 Å². The molecule has 0 aliphatic rings. The Balaban J connectivity index is 1.95. The van der Waals surface area contributed by atoms with Gasteiger partial charge in [-0.2, -0.15) is 0 Å². The van der Waals surface area contributed by atoms with E-state index in [2.05, 4.69) is 57.6 Å². The second-order valence-electron chi connectivity index (χ2n) is 6.50. The van der Waals surface area contributed by atoms with Crippen LogP contribution in [0.25, 0.3) is 28.7 Å². The maximum atomic E-state index is 13.3. The molecule has 0 atom stereocenters. The first-order valence-corrected chi connectivity index (χ1v) is 10.6. The summed E-state index contributed by atoms with van der Waals surface area (Å²) < 4.78 is 3.64. The average molecular weight is 543 g/mol. The molecule has 1 aromatic heterocycles. The van der Waals surface area contributed by atoms with E-state index in [0.29, 0.717) is 16.7 Å². The summed E-state index contributed by atoms with van der Waals surface area (Å²) in [6.07, 6.45) is 3.89. The zero-order valence-electron chi connectivity index (χ0n) is 15.1. The lowest BCUT2D eigenvalue weighted by atomic mass is 10.1. The monoisotopic (exact) mass is 542 g/mol. The summed E-state index contributed by atoms with van der Waals surface area (Å²) >= 11 is 5.67. The van der Waals surface area contributed by atoms with Crippen LogP contribution in [0.15, 0.2) is 76.0 Å². The van der Waals surface area contributed by atoms with Gasteiger partial charge in [-0.3, -0.25) is 9.36 Å². The highest BCUT2D eigenvalue weighted by Crippen LogP contribution is 2.19. The molecular formula is C23H16BrIN2O. The van der Waals surface area contributed by atoms with Crippen LogP contribution in [0, 0.1) is 10.5 Å². The Morgan fingerprint density at radius 3 is 2.54 bits per heavy atom. The second-order valence-corrected chi connectivity index (χ2v) is 8.66. The molecule has 0 unspecified atom stereocenters. The van der Waals surface area contributed by atoms with Crippen LogP contribution in [0.3, 0.4) is 0 Å². The van der Waals surface area contributed by atoms with Crippen molar-refractivity contribution in [2.45, 2.75) is 6.92 Å². The van der Waals surface area contributed by atoms with Gasteiger partial charge in [0.15, 0.2) is 0 Å². The molecular weight excluding hydrogens is 527 g/mol. The van der Waals surface area contributed by atoms with Gasteiger partial charge in [0.2, 0.25) is 0 Å². The van der Waals surface area contributed by atoms with Gasteiger partial charge in [0.05, 0.1) is 16.6 Å². The van der Waals surface area contributed by atoms with E-state index < -0.39 is 0 Å². The van der Waals surface area contributed by atoms with E-state index in [4.69, 9.17) is 4.98 Å². The zero-order valence-corrected chi connectivity index (χ0v) is 18.8. The third-order valence-corrected chi connectivity index (χ3v) is 5.61. The van der Waals surface area contributed by atoms with Crippen molar-refractivity contribution in [3.63, 3.8) is 0 Å². The Bertz CT molecular complexity index is 1260. The first-order valence-electron chi connectivity index (χ1n) is 8.74. The van der Waals surface area contributed by atoms with Crippen molar-refractivity contribution >= 4 is 61.6 Å². The lowest BCUT2D eigenvalue weighted by Crippen LogP contribution is -2.22. The van der Waals surface area contributed by atoms with E-state index in [1.54, 1.807) is 4.57 Å². The van der Waals surface area contributed by atoms with Crippen molar-refractivity contribution in [2.24, 2.45) is 0 Å². The molecule has 0 saturated heterocycles.